The van der Waals surface area contributed by atoms with Crippen molar-refractivity contribution in [1.29, 1.82) is 0 Å². The fraction of sp³-hybridized carbons (Fsp3) is 0.474. The number of benzene rings is 1. The van der Waals surface area contributed by atoms with Crippen LogP contribution in [0.25, 0.3) is 11.3 Å². The van der Waals surface area contributed by atoms with Crippen LogP contribution in [0, 0.1) is 5.92 Å². The van der Waals surface area contributed by atoms with E-state index in [1.165, 1.54) is 11.8 Å². The number of furan rings is 1. The molecule has 0 spiro atoms. The van der Waals surface area contributed by atoms with Gasteiger partial charge in [-0.25, -0.2) is 13.1 Å². The molecule has 0 bridgehead atoms. The maximum atomic E-state index is 11.6. The Morgan fingerprint density at radius 3 is 2.76 bits per heavy atom. The first-order valence-corrected chi connectivity index (χ1v) is 10.7. The second-order valence-electron chi connectivity index (χ2n) is 6.92. The van der Waals surface area contributed by atoms with Gasteiger partial charge in [0.15, 0.2) is 0 Å². The molecule has 136 valence electrons. The molecule has 0 radical (unpaired) electrons. The molecule has 1 aliphatic heterocycles. The molecule has 2 heterocycles. The van der Waals surface area contributed by atoms with Gasteiger partial charge in [-0.2, -0.15) is 0 Å². The van der Waals surface area contributed by atoms with Crippen LogP contribution in [0.1, 0.15) is 25.3 Å². The Hall–Kier alpha value is -1.63. The van der Waals surface area contributed by atoms with Gasteiger partial charge in [0.05, 0.1) is 12.5 Å². The van der Waals surface area contributed by atoms with Crippen LogP contribution in [0.3, 0.4) is 0 Å². The molecule has 1 fully saturated rings. The molecule has 1 aromatic heterocycles. The molecule has 0 unspecified atom stereocenters. The first kappa shape index (κ1) is 18.2. The number of hydrogen-bond donors (Lipinski definition) is 1. The monoisotopic (exact) mass is 362 g/mol. The zero-order valence-electron chi connectivity index (χ0n) is 14.8. The van der Waals surface area contributed by atoms with E-state index < -0.39 is 10.0 Å². The Labute approximate surface area is 150 Å². The Bertz CT molecular complexity index is 787. The highest BCUT2D eigenvalue weighted by molar-refractivity contribution is 7.88. The predicted molar refractivity (Wildman–Crippen MR) is 99.6 cm³/mol. The van der Waals surface area contributed by atoms with Crippen molar-refractivity contribution in [3.8, 4) is 11.3 Å². The summed E-state index contributed by atoms with van der Waals surface area (Å²) in [5.74, 6) is 1.23. The van der Waals surface area contributed by atoms with E-state index in [2.05, 4.69) is 28.7 Å². The van der Waals surface area contributed by atoms with Crippen LogP contribution < -0.4 is 4.72 Å². The topological polar surface area (TPSA) is 62.6 Å². The first-order valence-electron chi connectivity index (χ1n) is 8.77. The zero-order valence-corrected chi connectivity index (χ0v) is 15.6. The van der Waals surface area contributed by atoms with Crippen LogP contribution in [-0.4, -0.2) is 38.7 Å². The van der Waals surface area contributed by atoms with Gasteiger partial charge in [0, 0.05) is 31.2 Å². The second-order valence-corrected chi connectivity index (χ2v) is 8.70. The minimum absolute atomic E-state index is 0.00297. The molecule has 5 nitrogen and oxygen atoms in total. The van der Waals surface area contributed by atoms with Gasteiger partial charge >= 0.3 is 0 Å². The van der Waals surface area contributed by atoms with Crippen LogP contribution in [0.4, 0.5) is 0 Å². The summed E-state index contributed by atoms with van der Waals surface area (Å²) in [5, 5.41) is 0. The van der Waals surface area contributed by atoms with Gasteiger partial charge in [0.2, 0.25) is 10.0 Å². The number of rotatable bonds is 7. The maximum absolute atomic E-state index is 11.6. The molecule has 2 atom stereocenters. The molecule has 1 aromatic carbocycles. The minimum Gasteiger partial charge on any atom is -0.464 e. The predicted octanol–water partition coefficient (Wildman–Crippen LogP) is 3.10. The normalized spacial score (nSPS) is 21.7. The fourth-order valence-electron chi connectivity index (χ4n) is 3.69. The van der Waals surface area contributed by atoms with Crippen molar-refractivity contribution >= 4 is 10.0 Å². The Morgan fingerprint density at radius 1 is 1.24 bits per heavy atom. The summed E-state index contributed by atoms with van der Waals surface area (Å²) in [5.41, 5.74) is 2.28. The zero-order chi connectivity index (χ0) is 17.9. The fourth-order valence-corrected chi connectivity index (χ4v) is 4.50. The number of hydrogen-bond acceptors (Lipinski definition) is 4. The molecular weight excluding hydrogens is 336 g/mol. The maximum Gasteiger partial charge on any atom is 0.209 e. The van der Waals surface area contributed by atoms with Gasteiger partial charge in [-0.3, -0.25) is 4.90 Å². The van der Waals surface area contributed by atoms with Crippen molar-refractivity contribution in [2.75, 3.05) is 19.3 Å². The summed E-state index contributed by atoms with van der Waals surface area (Å²) >= 11 is 0. The van der Waals surface area contributed by atoms with E-state index in [1.54, 1.807) is 6.26 Å². The quantitative estimate of drug-likeness (QED) is 0.822. The van der Waals surface area contributed by atoms with Crippen molar-refractivity contribution in [2.45, 2.75) is 32.4 Å². The summed E-state index contributed by atoms with van der Waals surface area (Å²) in [6.45, 7) is 4.64. The van der Waals surface area contributed by atoms with Crippen molar-refractivity contribution in [1.82, 2.24) is 9.62 Å². The third-order valence-electron chi connectivity index (χ3n) is 4.68. The first-order chi connectivity index (χ1) is 11.9. The number of nitrogens with zero attached hydrogens (tertiary/aromatic N) is 1. The van der Waals surface area contributed by atoms with E-state index in [0.717, 1.165) is 43.8 Å². The molecule has 0 saturated carbocycles. The standard InChI is InChI=1S/C19H26N2O3S/c1-3-6-17-13-21(14-18(17)20-25(2,22)23)12-15-7-4-8-16(11-15)19-9-5-10-24-19/h4-5,7-11,17-18,20H,3,6,12-14H2,1-2H3/t17-,18-/m0/s1. The molecule has 0 aliphatic carbocycles. The third-order valence-corrected chi connectivity index (χ3v) is 5.41. The summed E-state index contributed by atoms with van der Waals surface area (Å²) in [4.78, 5) is 2.34. The highest BCUT2D eigenvalue weighted by atomic mass is 32.2. The van der Waals surface area contributed by atoms with E-state index in [9.17, 15) is 8.42 Å². The Balaban J connectivity index is 1.70. The summed E-state index contributed by atoms with van der Waals surface area (Å²) < 4.78 is 31.6. The van der Waals surface area contributed by atoms with Crippen molar-refractivity contribution < 1.29 is 12.8 Å². The lowest BCUT2D eigenvalue weighted by Gasteiger charge is -2.17. The SMILES string of the molecule is CCC[C@H]1CN(Cc2cccc(-c3ccco3)c2)C[C@@H]1NS(C)(=O)=O. The van der Waals surface area contributed by atoms with Gasteiger partial charge < -0.3 is 4.42 Å². The van der Waals surface area contributed by atoms with Crippen LogP contribution in [0.5, 0.6) is 0 Å². The Morgan fingerprint density at radius 2 is 2.08 bits per heavy atom. The van der Waals surface area contributed by atoms with E-state index in [-0.39, 0.29) is 6.04 Å². The molecule has 3 rings (SSSR count). The summed E-state index contributed by atoms with van der Waals surface area (Å²) in [6, 6.07) is 12.2. The lowest BCUT2D eigenvalue weighted by Crippen LogP contribution is -2.39. The number of likely N-dealkylation sites (tertiary alicyclic amines) is 1. The lowest BCUT2D eigenvalue weighted by atomic mass is 9.99. The molecule has 1 N–H and O–H groups in total. The largest absolute Gasteiger partial charge is 0.464 e. The van der Waals surface area contributed by atoms with Gasteiger partial charge in [-0.1, -0.05) is 31.5 Å². The van der Waals surface area contributed by atoms with Crippen LogP contribution >= 0.6 is 0 Å². The third kappa shape index (κ3) is 4.93. The molecule has 6 heteroatoms. The summed E-state index contributed by atoms with van der Waals surface area (Å²) in [6.07, 6.45) is 5.02. The van der Waals surface area contributed by atoms with Gasteiger partial charge in [-0.05, 0) is 36.1 Å². The highest BCUT2D eigenvalue weighted by Gasteiger charge is 2.33. The molecule has 1 saturated heterocycles. The van der Waals surface area contributed by atoms with Gasteiger partial charge in [0.25, 0.3) is 0 Å². The molecule has 2 aromatic rings. The number of sulfonamides is 1. The van der Waals surface area contributed by atoms with E-state index in [4.69, 9.17) is 4.42 Å². The van der Waals surface area contributed by atoms with E-state index in [1.807, 2.05) is 24.3 Å². The van der Waals surface area contributed by atoms with Crippen LogP contribution in [0.15, 0.2) is 47.1 Å². The average Bonchev–Trinajstić information content (AvgIpc) is 3.17. The van der Waals surface area contributed by atoms with Crippen molar-refractivity contribution in [3.63, 3.8) is 0 Å². The van der Waals surface area contributed by atoms with Crippen LogP contribution in [-0.2, 0) is 16.6 Å². The van der Waals surface area contributed by atoms with Crippen molar-refractivity contribution in [2.24, 2.45) is 5.92 Å². The van der Waals surface area contributed by atoms with E-state index in [0.29, 0.717) is 5.92 Å². The highest BCUT2D eigenvalue weighted by Crippen LogP contribution is 2.26. The van der Waals surface area contributed by atoms with E-state index >= 15 is 0 Å². The van der Waals surface area contributed by atoms with Crippen molar-refractivity contribution in [3.05, 3.63) is 48.2 Å². The lowest BCUT2D eigenvalue weighted by molar-refractivity contribution is 0.312. The van der Waals surface area contributed by atoms with Gasteiger partial charge in [-0.15, -0.1) is 0 Å². The Kier molecular flexibility index (Phi) is 5.61. The summed E-state index contributed by atoms with van der Waals surface area (Å²) in [7, 11) is -3.18. The molecule has 0 amide bonds. The minimum atomic E-state index is -3.18. The smallest absolute Gasteiger partial charge is 0.209 e. The molecular formula is C19H26N2O3S. The second kappa shape index (κ2) is 7.72. The molecule has 25 heavy (non-hydrogen) atoms. The van der Waals surface area contributed by atoms with Gasteiger partial charge in [0.1, 0.15) is 5.76 Å². The van der Waals surface area contributed by atoms with Crippen LogP contribution in [0.2, 0.25) is 0 Å². The number of nitrogens with one attached hydrogen (secondary N) is 1. The molecule has 1 aliphatic rings. The average molecular weight is 362 g/mol.